The second-order valence-electron chi connectivity index (χ2n) is 4.31. The van der Waals surface area contributed by atoms with Crippen molar-refractivity contribution < 1.29 is 15.0 Å². The van der Waals surface area contributed by atoms with Crippen molar-refractivity contribution in [3.63, 3.8) is 0 Å². The molecule has 0 heterocycles. The molecule has 0 bridgehead atoms. The number of hydrogen-bond acceptors (Lipinski definition) is 3. The van der Waals surface area contributed by atoms with Crippen LogP contribution in [0.15, 0.2) is 36.4 Å². The number of amides is 1. The number of nitrogens with two attached hydrogens (primary N) is 1. The SMILES string of the molecule is Cc1ccc(C(O)C(O)C(N)=O)c2ccccc12. The number of aliphatic hydroxyl groups is 2. The molecule has 4 nitrogen and oxygen atoms in total. The van der Waals surface area contributed by atoms with Gasteiger partial charge in [-0.1, -0.05) is 36.4 Å². The molecule has 2 rings (SSSR count). The van der Waals surface area contributed by atoms with Crippen LogP contribution in [0, 0.1) is 6.92 Å². The predicted octanol–water partition coefficient (Wildman–Crippen LogP) is 1.03. The zero-order valence-corrected chi connectivity index (χ0v) is 10.00. The Morgan fingerprint density at radius 2 is 1.72 bits per heavy atom. The molecule has 0 saturated heterocycles. The fourth-order valence-corrected chi connectivity index (χ4v) is 2.06. The number of primary amides is 1. The van der Waals surface area contributed by atoms with Gasteiger partial charge in [-0.2, -0.15) is 0 Å². The summed E-state index contributed by atoms with van der Waals surface area (Å²) in [6.45, 7) is 1.96. The Morgan fingerprint density at radius 3 is 2.33 bits per heavy atom. The van der Waals surface area contributed by atoms with Gasteiger partial charge < -0.3 is 15.9 Å². The van der Waals surface area contributed by atoms with Gasteiger partial charge in [-0.25, -0.2) is 0 Å². The number of rotatable bonds is 3. The van der Waals surface area contributed by atoms with Crippen molar-refractivity contribution in [3.8, 4) is 0 Å². The van der Waals surface area contributed by atoms with Crippen molar-refractivity contribution in [2.75, 3.05) is 0 Å². The first-order valence-electron chi connectivity index (χ1n) is 5.66. The first-order chi connectivity index (χ1) is 8.52. The van der Waals surface area contributed by atoms with Gasteiger partial charge in [0.2, 0.25) is 5.91 Å². The minimum Gasteiger partial charge on any atom is -0.385 e. The van der Waals surface area contributed by atoms with Gasteiger partial charge in [-0.05, 0) is 28.8 Å². The van der Waals surface area contributed by atoms with Crippen LogP contribution in [0.4, 0.5) is 0 Å². The van der Waals surface area contributed by atoms with E-state index in [9.17, 15) is 15.0 Å². The Morgan fingerprint density at radius 1 is 1.11 bits per heavy atom. The maximum absolute atomic E-state index is 10.9. The quantitative estimate of drug-likeness (QED) is 0.755. The summed E-state index contributed by atoms with van der Waals surface area (Å²) in [5.74, 6) is -0.938. The molecule has 0 fully saturated rings. The number of aliphatic hydroxyl groups excluding tert-OH is 2. The smallest absolute Gasteiger partial charge is 0.249 e. The second-order valence-corrected chi connectivity index (χ2v) is 4.31. The van der Waals surface area contributed by atoms with Crippen molar-refractivity contribution in [1.29, 1.82) is 0 Å². The fraction of sp³-hybridized carbons (Fsp3) is 0.214. The van der Waals surface area contributed by atoms with Gasteiger partial charge in [-0.3, -0.25) is 4.79 Å². The van der Waals surface area contributed by atoms with Crippen molar-refractivity contribution in [2.45, 2.75) is 19.1 Å². The van der Waals surface area contributed by atoms with Crippen LogP contribution in [0.2, 0.25) is 0 Å². The number of hydrogen-bond donors (Lipinski definition) is 3. The van der Waals surface area contributed by atoms with Gasteiger partial charge in [0.15, 0.2) is 6.10 Å². The molecule has 0 aliphatic heterocycles. The van der Waals surface area contributed by atoms with Gasteiger partial charge in [-0.15, -0.1) is 0 Å². The third-order valence-electron chi connectivity index (χ3n) is 3.09. The molecule has 0 aromatic heterocycles. The van der Waals surface area contributed by atoms with Crippen molar-refractivity contribution in [1.82, 2.24) is 0 Å². The van der Waals surface area contributed by atoms with Crippen LogP contribution in [0.5, 0.6) is 0 Å². The Hall–Kier alpha value is -1.91. The first kappa shape index (κ1) is 12.5. The predicted molar refractivity (Wildman–Crippen MR) is 68.8 cm³/mol. The van der Waals surface area contributed by atoms with E-state index in [1.807, 2.05) is 37.3 Å². The number of fused-ring (bicyclic) bond motifs is 1. The standard InChI is InChI=1S/C14H15NO3/c1-8-6-7-11(12(16)13(17)14(15)18)10-5-3-2-4-9(8)10/h2-7,12-13,16-17H,1H3,(H2,15,18). The third kappa shape index (κ3) is 2.08. The highest BCUT2D eigenvalue weighted by Gasteiger charge is 2.24. The number of carbonyl (C=O) groups excluding carboxylic acids is 1. The summed E-state index contributed by atoms with van der Waals surface area (Å²) in [4.78, 5) is 10.9. The molecule has 2 aromatic rings. The lowest BCUT2D eigenvalue weighted by molar-refractivity contribution is -0.131. The first-order valence-corrected chi connectivity index (χ1v) is 5.66. The summed E-state index contributed by atoms with van der Waals surface area (Å²) in [7, 11) is 0. The van der Waals surface area contributed by atoms with Crippen LogP contribution in [0.3, 0.4) is 0 Å². The molecule has 4 heteroatoms. The maximum atomic E-state index is 10.9. The van der Waals surface area contributed by atoms with Crippen LogP contribution < -0.4 is 5.73 Å². The van der Waals surface area contributed by atoms with E-state index in [1.165, 1.54) is 0 Å². The lowest BCUT2D eigenvalue weighted by atomic mass is 9.94. The summed E-state index contributed by atoms with van der Waals surface area (Å²) in [6, 6.07) is 11.1. The van der Waals surface area contributed by atoms with Crippen LogP contribution in [-0.2, 0) is 4.79 Å². The molecule has 2 unspecified atom stereocenters. The Bertz CT molecular complexity index is 595. The lowest BCUT2D eigenvalue weighted by Gasteiger charge is -2.18. The molecular weight excluding hydrogens is 230 g/mol. The molecule has 18 heavy (non-hydrogen) atoms. The van der Waals surface area contributed by atoms with Crippen molar-refractivity contribution in [2.24, 2.45) is 5.73 Å². The average Bonchev–Trinajstić information content (AvgIpc) is 2.38. The zero-order chi connectivity index (χ0) is 13.3. The molecule has 0 aliphatic carbocycles. The number of carbonyl (C=O) groups is 1. The van der Waals surface area contributed by atoms with E-state index in [0.717, 1.165) is 16.3 Å². The molecule has 1 amide bonds. The number of aryl methyl sites for hydroxylation is 1. The third-order valence-corrected chi connectivity index (χ3v) is 3.09. The van der Waals surface area contributed by atoms with E-state index in [1.54, 1.807) is 6.07 Å². The van der Waals surface area contributed by atoms with Gasteiger partial charge in [0.25, 0.3) is 0 Å². The van der Waals surface area contributed by atoms with Gasteiger partial charge in [0.05, 0.1) is 0 Å². The van der Waals surface area contributed by atoms with Crippen LogP contribution in [0.1, 0.15) is 17.2 Å². The molecule has 4 N–H and O–H groups in total. The van der Waals surface area contributed by atoms with Gasteiger partial charge in [0, 0.05) is 0 Å². The molecule has 0 radical (unpaired) electrons. The van der Waals surface area contributed by atoms with E-state index >= 15 is 0 Å². The molecule has 2 atom stereocenters. The molecule has 94 valence electrons. The number of benzene rings is 2. The summed E-state index contributed by atoms with van der Waals surface area (Å²) < 4.78 is 0. The van der Waals surface area contributed by atoms with E-state index < -0.39 is 18.1 Å². The van der Waals surface area contributed by atoms with E-state index in [4.69, 9.17) is 5.73 Å². The minimum absolute atomic E-state index is 0.502. The average molecular weight is 245 g/mol. The van der Waals surface area contributed by atoms with Crippen LogP contribution in [-0.4, -0.2) is 22.2 Å². The Kier molecular flexibility index (Phi) is 3.32. The highest BCUT2D eigenvalue weighted by molar-refractivity contribution is 5.90. The second kappa shape index (κ2) is 4.76. The van der Waals surface area contributed by atoms with Crippen LogP contribution >= 0.6 is 0 Å². The molecule has 0 spiro atoms. The Labute approximate surface area is 105 Å². The fourth-order valence-electron chi connectivity index (χ4n) is 2.06. The van der Waals surface area contributed by atoms with Gasteiger partial charge >= 0.3 is 0 Å². The highest BCUT2D eigenvalue weighted by Crippen LogP contribution is 2.28. The minimum atomic E-state index is -1.60. The summed E-state index contributed by atoms with van der Waals surface area (Å²) >= 11 is 0. The van der Waals surface area contributed by atoms with E-state index in [-0.39, 0.29) is 0 Å². The summed E-state index contributed by atoms with van der Waals surface area (Å²) in [5, 5.41) is 21.3. The van der Waals surface area contributed by atoms with Gasteiger partial charge in [0.1, 0.15) is 6.10 Å². The lowest BCUT2D eigenvalue weighted by Crippen LogP contribution is -2.33. The molecule has 0 aliphatic rings. The van der Waals surface area contributed by atoms with Crippen molar-refractivity contribution in [3.05, 3.63) is 47.5 Å². The molecule has 2 aromatic carbocycles. The van der Waals surface area contributed by atoms with E-state index in [0.29, 0.717) is 5.56 Å². The monoisotopic (exact) mass is 245 g/mol. The van der Waals surface area contributed by atoms with Crippen LogP contribution in [0.25, 0.3) is 10.8 Å². The normalized spacial score (nSPS) is 14.4. The maximum Gasteiger partial charge on any atom is 0.249 e. The zero-order valence-electron chi connectivity index (χ0n) is 10.00. The molecule has 0 saturated carbocycles. The van der Waals surface area contributed by atoms with Crippen molar-refractivity contribution >= 4 is 16.7 Å². The topological polar surface area (TPSA) is 83.6 Å². The molecular formula is C14H15NO3. The van der Waals surface area contributed by atoms with E-state index in [2.05, 4.69) is 0 Å². The Balaban J connectivity index is 2.58. The summed E-state index contributed by atoms with van der Waals surface area (Å²) in [6.07, 6.45) is -2.91. The largest absolute Gasteiger partial charge is 0.385 e. The highest BCUT2D eigenvalue weighted by atomic mass is 16.3. The summed E-state index contributed by atoms with van der Waals surface area (Å²) in [5.41, 5.74) is 6.57.